The summed E-state index contributed by atoms with van der Waals surface area (Å²) in [7, 11) is 3.58. The molecule has 1 rings (SSSR count). The van der Waals surface area contributed by atoms with Crippen molar-refractivity contribution >= 4 is 5.91 Å². The Morgan fingerprint density at radius 1 is 1.35 bits per heavy atom. The average Bonchev–Trinajstić information content (AvgIpc) is 2.29. The Morgan fingerprint density at radius 2 is 1.94 bits per heavy atom. The quantitative estimate of drug-likeness (QED) is 0.726. The molecule has 0 spiro atoms. The maximum absolute atomic E-state index is 11.5. The molecule has 2 nitrogen and oxygen atoms in total. The van der Waals surface area contributed by atoms with Crippen molar-refractivity contribution in [3.8, 4) is 12.3 Å². The van der Waals surface area contributed by atoms with Crippen molar-refractivity contribution in [2.45, 2.75) is 19.8 Å². The molecule has 0 aliphatic carbocycles. The van der Waals surface area contributed by atoms with E-state index < -0.39 is 0 Å². The van der Waals surface area contributed by atoms with Gasteiger partial charge in [0, 0.05) is 26.1 Å². The molecule has 1 unspecified atom stereocenters. The normalized spacial score (nSPS) is 11.6. The second-order valence-corrected chi connectivity index (χ2v) is 4.64. The van der Waals surface area contributed by atoms with Gasteiger partial charge in [-0.15, -0.1) is 6.42 Å². The van der Waals surface area contributed by atoms with Gasteiger partial charge in [0.2, 0.25) is 5.91 Å². The molecule has 0 aliphatic heterocycles. The number of nitrogens with zero attached hydrogens (tertiary/aromatic N) is 1. The third kappa shape index (κ3) is 4.32. The molecule has 1 aromatic carbocycles. The molecule has 0 bridgehead atoms. The summed E-state index contributed by atoms with van der Waals surface area (Å²) in [6.07, 6.45) is 6.79. The number of amides is 1. The molecular weight excluding hydrogens is 210 g/mol. The zero-order chi connectivity index (χ0) is 12.8. The van der Waals surface area contributed by atoms with Crippen LogP contribution in [0.25, 0.3) is 0 Å². The van der Waals surface area contributed by atoms with Gasteiger partial charge in [-0.1, -0.05) is 25.0 Å². The third-order valence-electron chi connectivity index (χ3n) is 2.73. The van der Waals surface area contributed by atoms with E-state index in [9.17, 15) is 4.79 Å². The van der Waals surface area contributed by atoms with Crippen LogP contribution < -0.4 is 0 Å². The van der Waals surface area contributed by atoms with Crippen LogP contribution in [0.15, 0.2) is 24.3 Å². The van der Waals surface area contributed by atoms with Gasteiger partial charge in [-0.05, 0) is 30.0 Å². The van der Waals surface area contributed by atoms with E-state index in [2.05, 4.69) is 12.8 Å². The van der Waals surface area contributed by atoms with Gasteiger partial charge in [0.25, 0.3) is 0 Å². The predicted octanol–water partition coefficient (Wildman–Crippen LogP) is 2.32. The molecule has 90 valence electrons. The molecule has 0 fully saturated rings. The average molecular weight is 229 g/mol. The molecular formula is C15H19NO. The van der Waals surface area contributed by atoms with Crippen LogP contribution in [-0.2, 0) is 11.2 Å². The number of rotatable bonds is 4. The lowest BCUT2D eigenvalue weighted by molar-refractivity contribution is -0.129. The van der Waals surface area contributed by atoms with E-state index in [1.165, 1.54) is 5.56 Å². The number of carbonyl (C=O) groups is 1. The number of hydrogen-bond acceptors (Lipinski definition) is 1. The standard InChI is InChI=1S/C15H19NO/c1-5-13-6-8-14(9-7-13)10-12(2)11-15(17)16(3)4/h1,6-9,12H,10-11H2,2-4H3. The van der Waals surface area contributed by atoms with E-state index in [0.717, 1.165) is 12.0 Å². The lowest BCUT2D eigenvalue weighted by atomic mass is 9.97. The zero-order valence-corrected chi connectivity index (χ0v) is 10.7. The van der Waals surface area contributed by atoms with Crippen molar-refractivity contribution in [1.29, 1.82) is 0 Å². The van der Waals surface area contributed by atoms with Crippen LogP contribution in [0.5, 0.6) is 0 Å². The minimum absolute atomic E-state index is 0.178. The Balaban J connectivity index is 2.53. The molecule has 0 radical (unpaired) electrons. The van der Waals surface area contributed by atoms with Crippen LogP contribution in [0.1, 0.15) is 24.5 Å². The molecule has 0 aromatic heterocycles. The van der Waals surface area contributed by atoms with E-state index in [0.29, 0.717) is 12.3 Å². The van der Waals surface area contributed by atoms with E-state index in [1.807, 2.05) is 24.3 Å². The van der Waals surface area contributed by atoms with E-state index in [-0.39, 0.29) is 5.91 Å². The minimum Gasteiger partial charge on any atom is -0.349 e. The van der Waals surface area contributed by atoms with Crippen molar-refractivity contribution < 1.29 is 4.79 Å². The van der Waals surface area contributed by atoms with E-state index >= 15 is 0 Å². The van der Waals surface area contributed by atoms with Gasteiger partial charge >= 0.3 is 0 Å². The highest BCUT2D eigenvalue weighted by atomic mass is 16.2. The van der Waals surface area contributed by atoms with Crippen molar-refractivity contribution in [1.82, 2.24) is 4.90 Å². The summed E-state index contributed by atoms with van der Waals surface area (Å²) in [5, 5.41) is 0. The SMILES string of the molecule is C#Cc1ccc(CC(C)CC(=O)N(C)C)cc1. The number of carbonyl (C=O) groups excluding carboxylic acids is 1. The highest BCUT2D eigenvalue weighted by molar-refractivity contribution is 5.75. The Labute approximate surface area is 104 Å². The van der Waals surface area contributed by atoms with Crippen LogP contribution >= 0.6 is 0 Å². The van der Waals surface area contributed by atoms with Gasteiger partial charge in [-0.3, -0.25) is 4.79 Å². The molecule has 1 atom stereocenters. The molecule has 0 saturated carbocycles. The molecule has 1 aromatic rings. The second-order valence-electron chi connectivity index (χ2n) is 4.64. The van der Waals surface area contributed by atoms with E-state index in [4.69, 9.17) is 6.42 Å². The Bertz CT molecular complexity index is 412. The van der Waals surface area contributed by atoms with Crippen molar-refractivity contribution in [2.75, 3.05) is 14.1 Å². The summed E-state index contributed by atoms with van der Waals surface area (Å²) >= 11 is 0. The largest absolute Gasteiger partial charge is 0.349 e. The summed E-state index contributed by atoms with van der Waals surface area (Å²) in [6.45, 7) is 2.09. The van der Waals surface area contributed by atoms with Gasteiger partial charge in [0.1, 0.15) is 0 Å². The van der Waals surface area contributed by atoms with Gasteiger partial charge in [0.05, 0.1) is 0 Å². The monoisotopic (exact) mass is 229 g/mol. The first-order valence-corrected chi connectivity index (χ1v) is 5.78. The third-order valence-corrected chi connectivity index (χ3v) is 2.73. The Hall–Kier alpha value is -1.75. The van der Waals surface area contributed by atoms with Crippen molar-refractivity contribution in [2.24, 2.45) is 5.92 Å². The molecule has 0 saturated heterocycles. The van der Waals surface area contributed by atoms with Crippen molar-refractivity contribution in [3.05, 3.63) is 35.4 Å². The fourth-order valence-corrected chi connectivity index (χ4v) is 1.69. The topological polar surface area (TPSA) is 20.3 Å². The number of benzene rings is 1. The smallest absolute Gasteiger partial charge is 0.222 e. The maximum Gasteiger partial charge on any atom is 0.222 e. The van der Waals surface area contributed by atoms with Crippen LogP contribution in [0.4, 0.5) is 0 Å². The number of hydrogen-bond donors (Lipinski definition) is 0. The zero-order valence-electron chi connectivity index (χ0n) is 10.7. The molecule has 0 aliphatic rings. The van der Waals surface area contributed by atoms with Crippen LogP contribution in [0, 0.1) is 18.3 Å². The summed E-state index contributed by atoms with van der Waals surface area (Å²) in [5.74, 6) is 3.12. The van der Waals surface area contributed by atoms with Gasteiger partial charge < -0.3 is 4.90 Å². The fraction of sp³-hybridized carbons (Fsp3) is 0.400. The lowest BCUT2D eigenvalue weighted by Crippen LogP contribution is -2.24. The van der Waals surface area contributed by atoms with Crippen molar-refractivity contribution in [3.63, 3.8) is 0 Å². The molecule has 17 heavy (non-hydrogen) atoms. The number of terminal acetylenes is 1. The van der Waals surface area contributed by atoms with Crippen LogP contribution in [-0.4, -0.2) is 24.9 Å². The van der Waals surface area contributed by atoms with Crippen LogP contribution in [0.2, 0.25) is 0 Å². The molecule has 0 heterocycles. The Morgan fingerprint density at radius 3 is 2.41 bits per heavy atom. The summed E-state index contributed by atoms with van der Waals surface area (Å²) in [5.41, 5.74) is 2.12. The molecule has 0 N–H and O–H groups in total. The molecule has 1 amide bonds. The maximum atomic E-state index is 11.5. The van der Waals surface area contributed by atoms with E-state index in [1.54, 1.807) is 19.0 Å². The first kappa shape index (κ1) is 13.3. The Kier molecular flexibility index (Phi) is 4.78. The first-order chi connectivity index (χ1) is 8.02. The van der Waals surface area contributed by atoms with Crippen LogP contribution in [0.3, 0.4) is 0 Å². The summed E-state index contributed by atoms with van der Waals surface area (Å²) in [6, 6.07) is 7.95. The highest BCUT2D eigenvalue weighted by Gasteiger charge is 2.11. The first-order valence-electron chi connectivity index (χ1n) is 5.78. The molecule has 2 heteroatoms. The predicted molar refractivity (Wildman–Crippen MR) is 70.6 cm³/mol. The fourth-order valence-electron chi connectivity index (χ4n) is 1.69. The second kappa shape index (κ2) is 6.10. The summed E-state index contributed by atoms with van der Waals surface area (Å²) in [4.78, 5) is 13.2. The van der Waals surface area contributed by atoms with Gasteiger partial charge in [-0.25, -0.2) is 0 Å². The summed E-state index contributed by atoms with van der Waals surface area (Å²) < 4.78 is 0. The van der Waals surface area contributed by atoms with Gasteiger partial charge in [-0.2, -0.15) is 0 Å². The lowest BCUT2D eigenvalue weighted by Gasteiger charge is -2.15. The highest BCUT2D eigenvalue weighted by Crippen LogP contribution is 2.13. The van der Waals surface area contributed by atoms with Gasteiger partial charge in [0.15, 0.2) is 0 Å². The minimum atomic E-state index is 0.178.